The van der Waals surface area contributed by atoms with Gasteiger partial charge in [0.25, 0.3) is 0 Å². The first-order valence-electron chi connectivity index (χ1n) is 7.81. The molecule has 0 atom stereocenters. The van der Waals surface area contributed by atoms with Gasteiger partial charge in [0.05, 0.1) is 16.4 Å². The van der Waals surface area contributed by atoms with Gasteiger partial charge >= 0.3 is 0 Å². The Morgan fingerprint density at radius 1 is 1.27 bits per heavy atom. The third kappa shape index (κ3) is 2.57. The monoisotopic (exact) mass is 347 g/mol. The first-order chi connectivity index (χ1) is 12.7. The van der Waals surface area contributed by atoms with Gasteiger partial charge in [0, 0.05) is 18.0 Å². The number of benzene rings is 1. The Hall–Kier alpha value is -3.68. The molecule has 0 bridgehead atoms. The molecule has 0 unspecified atom stereocenters. The first-order valence-corrected chi connectivity index (χ1v) is 7.81. The van der Waals surface area contributed by atoms with E-state index >= 15 is 4.39 Å². The third-order valence-electron chi connectivity index (χ3n) is 3.99. The van der Waals surface area contributed by atoms with Crippen LogP contribution >= 0.6 is 0 Å². The molecule has 0 fully saturated rings. The van der Waals surface area contributed by atoms with E-state index in [1.807, 2.05) is 6.07 Å². The van der Waals surface area contributed by atoms with Crippen molar-refractivity contribution >= 4 is 40.7 Å². The van der Waals surface area contributed by atoms with Gasteiger partial charge in [-0.2, -0.15) is 5.10 Å². The Balaban J connectivity index is 1.89. The molecule has 0 aliphatic rings. The number of hydrogen-bond acceptors (Lipinski definition) is 4. The maximum atomic E-state index is 15.2. The second-order valence-corrected chi connectivity index (χ2v) is 5.64. The van der Waals surface area contributed by atoms with E-state index in [4.69, 9.17) is 0 Å². The van der Waals surface area contributed by atoms with Gasteiger partial charge in [-0.15, -0.1) is 0 Å². The molecule has 7 nitrogen and oxygen atoms in total. The van der Waals surface area contributed by atoms with Crippen LogP contribution in [-0.2, 0) is 0 Å². The van der Waals surface area contributed by atoms with Crippen molar-refractivity contribution in [3.05, 3.63) is 48.0 Å². The first kappa shape index (κ1) is 15.8. The maximum absolute atomic E-state index is 15.2. The predicted molar refractivity (Wildman–Crippen MR) is 101 cm³/mol. The van der Waals surface area contributed by atoms with Crippen molar-refractivity contribution in [3.63, 3.8) is 0 Å². The van der Waals surface area contributed by atoms with E-state index in [0.29, 0.717) is 39.2 Å². The van der Waals surface area contributed by atoms with E-state index < -0.39 is 5.82 Å². The summed E-state index contributed by atoms with van der Waals surface area (Å²) in [6.07, 6.45) is 4.48. The number of imidazole rings is 1. The number of aromatic amines is 2. The molecule has 0 amide bonds. The number of aliphatic imine (C=N–C) groups is 2. The number of nitrogens with one attached hydrogen (secondary N) is 2. The molecule has 128 valence electrons. The summed E-state index contributed by atoms with van der Waals surface area (Å²) < 4.78 is 15.2. The van der Waals surface area contributed by atoms with Gasteiger partial charge in [-0.3, -0.25) is 10.1 Å². The quantitative estimate of drug-likeness (QED) is 0.435. The largest absolute Gasteiger partial charge is 0.335 e. The number of H-pyrrole nitrogens is 2. The lowest BCUT2D eigenvalue weighted by Crippen LogP contribution is -1.90. The minimum Gasteiger partial charge on any atom is -0.335 e. The molecule has 0 saturated heterocycles. The van der Waals surface area contributed by atoms with Crippen molar-refractivity contribution in [1.82, 2.24) is 25.1 Å². The summed E-state index contributed by atoms with van der Waals surface area (Å²) in [7, 11) is 0. The minimum atomic E-state index is -0.393. The maximum Gasteiger partial charge on any atom is 0.178 e. The number of hydrogen-bond donors (Lipinski definition) is 2. The number of nitrogens with zero attached hydrogens (tertiary/aromatic N) is 5. The van der Waals surface area contributed by atoms with Gasteiger partial charge < -0.3 is 4.98 Å². The zero-order valence-corrected chi connectivity index (χ0v) is 13.9. The van der Waals surface area contributed by atoms with Crippen LogP contribution in [0.3, 0.4) is 0 Å². The van der Waals surface area contributed by atoms with E-state index in [-0.39, 0.29) is 0 Å². The molecule has 26 heavy (non-hydrogen) atoms. The lowest BCUT2D eigenvalue weighted by atomic mass is 10.0. The zero-order valence-electron chi connectivity index (χ0n) is 13.9. The van der Waals surface area contributed by atoms with E-state index in [1.54, 1.807) is 31.3 Å². The fraction of sp³-hybridized carbons (Fsp3) is 0.0556. The van der Waals surface area contributed by atoms with E-state index in [1.165, 1.54) is 12.5 Å². The third-order valence-corrected chi connectivity index (χ3v) is 3.99. The number of rotatable bonds is 4. The molecule has 1 aromatic carbocycles. The molecule has 0 spiro atoms. The van der Waals surface area contributed by atoms with Crippen LogP contribution in [0.1, 0.15) is 12.5 Å². The summed E-state index contributed by atoms with van der Waals surface area (Å²) in [5.74, 6) is 0.0617. The topological polar surface area (TPSA) is 95.0 Å². The molecule has 3 aromatic heterocycles. The van der Waals surface area contributed by atoms with E-state index in [2.05, 4.69) is 41.9 Å². The Labute approximate surface area is 147 Å². The fourth-order valence-corrected chi connectivity index (χ4v) is 2.77. The average molecular weight is 347 g/mol. The SMILES string of the molecule is C=NC=N/C=C(\C)c1ccc2[nH]nc(-c3nc4ncccc4[nH]3)c2c1F. The Kier molecular flexibility index (Phi) is 3.85. The molecular formula is C18H14FN7. The molecule has 0 radical (unpaired) electrons. The second-order valence-electron chi connectivity index (χ2n) is 5.64. The summed E-state index contributed by atoms with van der Waals surface area (Å²) in [5, 5.41) is 7.45. The van der Waals surface area contributed by atoms with Crippen molar-refractivity contribution in [2.24, 2.45) is 9.98 Å². The van der Waals surface area contributed by atoms with Crippen LogP contribution in [0.25, 0.3) is 39.2 Å². The Morgan fingerprint density at radius 3 is 2.96 bits per heavy atom. The highest BCUT2D eigenvalue weighted by Crippen LogP contribution is 2.31. The van der Waals surface area contributed by atoms with Gasteiger partial charge in [-0.05, 0) is 43.5 Å². The number of aromatic nitrogens is 5. The number of pyridine rings is 1. The predicted octanol–water partition coefficient (Wildman–Crippen LogP) is 3.73. The molecule has 0 saturated carbocycles. The number of halogens is 1. The van der Waals surface area contributed by atoms with E-state index in [9.17, 15) is 0 Å². The van der Waals surface area contributed by atoms with Gasteiger partial charge in [0.15, 0.2) is 11.5 Å². The lowest BCUT2D eigenvalue weighted by molar-refractivity contribution is 0.636. The fourth-order valence-electron chi connectivity index (χ4n) is 2.77. The highest BCUT2D eigenvalue weighted by atomic mass is 19.1. The lowest BCUT2D eigenvalue weighted by Gasteiger charge is -2.04. The second kappa shape index (κ2) is 6.32. The van der Waals surface area contributed by atoms with Crippen molar-refractivity contribution in [2.75, 3.05) is 0 Å². The average Bonchev–Trinajstić information content (AvgIpc) is 3.26. The Morgan fingerprint density at radius 2 is 2.15 bits per heavy atom. The molecule has 0 aliphatic carbocycles. The van der Waals surface area contributed by atoms with Crippen LogP contribution in [0.2, 0.25) is 0 Å². The summed E-state index contributed by atoms with van der Waals surface area (Å²) in [6, 6.07) is 7.12. The molecular weight excluding hydrogens is 333 g/mol. The zero-order chi connectivity index (χ0) is 18.1. The summed E-state index contributed by atoms with van der Waals surface area (Å²) in [5.41, 5.74) is 3.38. The molecule has 0 aliphatic heterocycles. The summed E-state index contributed by atoms with van der Waals surface area (Å²) in [6.45, 7) is 5.09. The molecule has 4 rings (SSSR count). The van der Waals surface area contributed by atoms with Crippen LogP contribution in [0.5, 0.6) is 0 Å². The van der Waals surface area contributed by atoms with Crippen LogP contribution in [-0.4, -0.2) is 38.2 Å². The van der Waals surface area contributed by atoms with Crippen LogP contribution < -0.4 is 0 Å². The van der Waals surface area contributed by atoms with Gasteiger partial charge in [0.1, 0.15) is 17.8 Å². The highest BCUT2D eigenvalue weighted by Gasteiger charge is 2.19. The normalized spacial score (nSPS) is 12.5. The van der Waals surface area contributed by atoms with Crippen molar-refractivity contribution in [1.29, 1.82) is 0 Å². The van der Waals surface area contributed by atoms with E-state index in [0.717, 1.165) is 5.52 Å². The summed E-state index contributed by atoms with van der Waals surface area (Å²) >= 11 is 0. The van der Waals surface area contributed by atoms with Crippen LogP contribution in [0.4, 0.5) is 4.39 Å². The molecule has 4 aromatic rings. The van der Waals surface area contributed by atoms with Gasteiger partial charge in [0.2, 0.25) is 0 Å². The number of allylic oxidation sites excluding steroid dienone is 1. The standard InChI is InChI=1S/C18H14FN7/c1-10(8-21-9-20-2)11-5-6-12-14(15(11)19)16(26-25-12)18-23-13-4-3-7-22-17(13)24-18/h3-9H,2H2,1H3,(H,25,26)(H,22,23,24)/b10-8+,21-9?. The summed E-state index contributed by atoms with van der Waals surface area (Å²) in [4.78, 5) is 19.2. The smallest absolute Gasteiger partial charge is 0.178 e. The molecule has 2 N–H and O–H groups in total. The minimum absolute atomic E-state index is 0.361. The van der Waals surface area contributed by atoms with Crippen LogP contribution in [0.15, 0.2) is 46.6 Å². The van der Waals surface area contributed by atoms with Gasteiger partial charge in [-0.1, -0.05) is 0 Å². The highest BCUT2D eigenvalue weighted by molar-refractivity contribution is 5.95. The van der Waals surface area contributed by atoms with Gasteiger partial charge in [-0.25, -0.2) is 19.4 Å². The number of fused-ring (bicyclic) bond motifs is 2. The van der Waals surface area contributed by atoms with Crippen molar-refractivity contribution < 1.29 is 4.39 Å². The Bertz CT molecular complexity index is 1150. The van der Waals surface area contributed by atoms with Crippen molar-refractivity contribution in [2.45, 2.75) is 6.92 Å². The molecule has 8 heteroatoms. The molecule has 3 heterocycles. The van der Waals surface area contributed by atoms with Crippen LogP contribution in [0, 0.1) is 5.82 Å². The van der Waals surface area contributed by atoms with Crippen molar-refractivity contribution in [3.8, 4) is 11.5 Å².